The van der Waals surface area contributed by atoms with Gasteiger partial charge in [-0.25, -0.2) is 13.1 Å². The Morgan fingerprint density at radius 2 is 1.94 bits per heavy atom. The Hall–Kier alpha value is -0.980. The molecule has 0 amide bonds. The lowest BCUT2D eigenvalue weighted by Crippen LogP contribution is -2.43. The molecule has 18 heavy (non-hydrogen) atoms. The number of rotatable bonds is 5. The molecule has 1 aromatic rings. The van der Waals surface area contributed by atoms with Crippen molar-refractivity contribution < 1.29 is 8.42 Å². The normalized spacial score (nSPS) is 17.8. The second-order valence-corrected chi connectivity index (χ2v) is 6.44. The summed E-state index contributed by atoms with van der Waals surface area (Å²) in [5.74, 6) is 0.140. The fourth-order valence-electron chi connectivity index (χ4n) is 2.05. The average molecular weight is 269 g/mol. The van der Waals surface area contributed by atoms with Gasteiger partial charge in [-0.2, -0.15) is 0 Å². The van der Waals surface area contributed by atoms with Gasteiger partial charge in [0.05, 0.1) is 5.75 Å². The van der Waals surface area contributed by atoms with Crippen molar-refractivity contribution in [1.29, 1.82) is 0 Å². The maximum atomic E-state index is 11.9. The van der Waals surface area contributed by atoms with E-state index < -0.39 is 10.0 Å². The van der Waals surface area contributed by atoms with Gasteiger partial charge in [0.2, 0.25) is 10.0 Å². The van der Waals surface area contributed by atoms with Crippen molar-refractivity contribution in [3.8, 4) is 0 Å². The molecule has 100 valence electrons. The topological polar surface area (TPSA) is 71.1 Å². The van der Waals surface area contributed by atoms with Crippen molar-refractivity contribution in [3.05, 3.63) is 30.1 Å². The Kier molecular flexibility index (Phi) is 4.68. The number of aromatic nitrogens is 1. The van der Waals surface area contributed by atoms with E-state index in [0.717, 1.165) is 31.5 Å². The zero-order valence-electron chi connectivity index (χ0n) is 10.3. The summed E-state index contributed by atoms with van der Waals surface area (Å²) in [6, 6.07) is 3.79. The number of nitrogens with one attached hydrogen (secondary N) is 2. The molecule has 0 aliphatic carbocycles. The van der Waals surface area contributed by atoms with Crippen LogP contribution in [0.2, 0.25) is 0 Å². The molecule has 6 heteroatoms. The van der Waals surface area contributed by atoms with E-state index in [4.69, 9.17) is 0 Å². The van der Waals surface area contributed by atoms with Crippen LogP contribution in [0.3, 0.4) is 0 Å². The number of piperidine rings is 1. The summed E-state index contributed by atoms with van der Waals surface area (Å²) in [5.41, 5.74) is 1.00. The minimum Gasteiger partial charge on any atom is -0.317 e. The molecular formula is C12H19N3O2S. The van der Waals surface area contributed by atoms with E-state index in [-0.39, 0.29) is 11.8 Å². The second-order valence-electron chi connectivity index (χ2n) is 4.57. The summed E-state index contributed by atoms with van der Waals surface area (Å²) in [7, 11) is -3.18. The Balaban J connectivity index is 1.83. The number of hydrogen-bond acceptors (Lipinski definition) is 4. The number of sulfonamides is 1. The third-order valence-electron chi connectivity index (χ3n) is 3.09. The van der Waals surface area contributed by atoms with Crippen LogP contribution in [0.4, 0.5) is 0 Å². The third kappa shape index (κ3) is 4.36. The average Bonchev–Trinajstić information content (AvgIpc) is 2.38. The minimum absolute atomic E-state index is 0.0914. The molecule has 0 bridgehead atoms. The molecule has 0 saturated carbocycles. The molecule has 1 aromatic heterocycles. The summed E-state index contributed by atoms with van der Waals surface area (Å²) in [5, 5.41) is 3.22. The highest BCUT2D eigenvalue weighted by molar-refractivity contribution is 7.89. The molecule has 5 nitrogen and oxygen atoms in total. The number of hydrogen-bond donors (Lipinski definition) is 2. The highest BCUT2D eigenvalue weighted by atomic mass is 32.2. The van der Waals surface area contributed by atoms with Crippen LogP contribution in [0.15, 0.2) is 24.5 Å². The minimum atomic E-state index is -3.18. The fraction of sp³-hybridized carbons (Fsp3) is 0.583. The van der Waals surface area contributed by atoms with Gasteiger partial charge in [0.25, 0.3) is 0 Å². The van der Waals surface area contributed by atoms with Crippen LogP contribution in [0.1, 0.15) is 18.4 Å². The summed E-state index contributed by atoms with van der Waals surface area (Å²) in [4.78, 5) is 3.91. The third-order valence-corrected chi connectivity index (χ3v) is 4.53. The summed E-state index contributed by atoms with van der Waals surface area (Å²) in [6.07, 6.45) is 5.64. The SMILES string of the molecule is O=S(=O)(CCc1ccncc1)NC1CCNCC1. The zero-order valence-corrected chi connectivity index (χ0v) is 11.1. The van der Waals surface area contributed by atoms with Gasteiger partial charge in [0.1, 0.15) is 0 Å². The fourth-order valence-corrected chi connectivity index (χ4v) is 3.42. The quantitative estimate of drug-likeness (QED) is 0.806. The number of pyridine rings is 1. The van der Waals surface area contributed by atoms with Crippen molar-refractivity contribution >= 4 is 10.0 Å². The van der Waals surface area contributed by atoms with E-state index in [1.54, 1.807) is 12.4 Å². The largest absolute Gasteiger partial charge is 0.317 e. The van der Waals surface area contributed by atoms with E-state index in [2.05, 4.69) is 15.0 Å². The first kappa shape index (κ1) is 13.5. The van der Waals surface area contributed by atoms with Crippen molar-refractivity contribution in [3.63, 3.8) is 0 Å². The van der Waals surface area contributed by atoms with Crippen LogP contribution in [0.5, 0.6) is 0 Å². The zero-order chi connectivity index (χ0) is 12.8. The Labute approximate surface area is 108 Å². The van der Waals surface area contributed by atoms with Gasteiger partial charge in [-0.1, -0.05) is 0 Å². The second kappa shape index (κ2) is 6.26. The summed E-state index contributed by atoms with van der Waals surface area (Å²) < 4.78 is 26.6. The Bertz CT molecular complexity index is 455. The van der Waals surface area contributed by atoms with Crippen LogP contribution in [-0.2, 0) is 16.4 Å². The van der Waals surface area contributed by atoms with Gasteiger partial charge in [-0.3, -0.25) is 4.98 Å². The van der Waals surface area contributed by atoms with Gasteiger partial charge in [-0.05, 0) is 50.0 Å². The molecule has 0 unspecified atom stereocenters. The van der Waals surface area contributed by atoms with Crippen molar-refractivity contribution in [2.75, 3.05) is 18.8 Å². The number of aryl methyl sites for hydroxylation is 1. The highest BCUT2D eigenvalue weighted by Gasteiger charge is 2.19. The molecule has 1 aliphatic heterocycles. The van der Waals surface area contributed by atoms with Crippen LogP contribution in [-0.4, -0.2) is 38.3 Å². The monoisotopic (exact) mass is 269 g/mol. The predicted molar refractivity (Wildman–Crippen MR) is 70.8 cm³/mol. The molecule has 0 atom stereocenters. The van der Waals surface area contributed by atoms with Crippen molar-refractivity contribution in [2.45, 2.75) is 25.3 Å². The first-order valence-corrected chi connectivity index (χ1v) is 7.90. The van der Waals surface area contributed by atoms with E-state index in [1.807, 2.05) is 12.1 Å². The Morgan fingerprint density at radius 3 is 2.61 bits per heavy atom. The smallest absolute Gasteiger partial charge is 0.212 e. The number of nitrogens with zero attached hydrogens (tertiary/aromatic N) is 1. The molecule has 0 spiro atoms. The molecule has 0 aromatic carbocycles. The Morgan fingerprint density at radius 1 is 1.28 bits per heavy atom. The maximum Gasteiger partial charge on any atom is 0.212 e. The van der Waals surface area contributed by atoms with Crippen LogP contribution >= 0.6 is 0 Å². The first-order chi connectivity index (χ1) is 8.66. The lowest BCUT2D eigenvalue weighted by molar-refractivity contribution is 0.427. The predicted octanol–water partition coefficient (Wildman–Crippen LogP) is 0.295. The highest BCUT2D eigenvalue weighted by Crippen LogP contribution is 2.06. The standard InChI is InChI=1S/C12H19N3O2S/c16-18(17,15-12-3-8-14-9-4-12)10-5-11-1-6-13-7-2-11/h1-2,6-7,12,14-15H,3-5,8-10H2. The lowest BCUT2D eigenvalue weighted by Gasteiger charge is -2.23. The van der Waals surface area contributed by atoms with E-state index in [0.29, 0.717) is 6.42 Å². The van der Waals surface area contributed by atoms with E-state index in [1.165, 1.54) is 0 Å². The summed E-state index contributed by atoms with van der Waals surface area (Å²) in [6.45, 7) is 1.77. The van der Waals surface area contributed by atoms with Gasteiger partial charge in [-0.15, -0.1) is 0 Å². The van der Waals surface area contributed by atoms with Crippen LogP contribution in [0, 0.1) is 0 Å². The molecule has 0 radical (unpaired) electrons. The van der Waals surface area contributed by atoms with Crippen LogP contribution < -0.4 is 10.0 Å². The first-order valence-electron chi connectivity index (χ1n) is 6.25. The van der Waals surface area contributed by atoms with Gasteiger partial charge in [0, 0.05) is 18.4 Å². The molecular weight excluding hydrogens is 250 g/mol. The molecule has 1 saturated heterocycles. The molecule has 2 rings (SSSR count). The molecule has 2 N–H and O–H groups in total. The van der Waals surface area contributed by atoms with Gasteiger partial charge < -0.3 is 5.32 Å². The van der Waals surface area contributed by atoms with Gasteiger partial charge >= 0.3 is 0 Å². The van der Waals surface area contributed by atoms with E-state index >= 15 is 0 Å². The van der Waals surface area contributed by atoms with Crippen molar-refractivity contribution in [1.82, 2.24) is 15.0 Å². The molecule has 1 fully saturated rings. The maximum absolute atomic E-state index is 11.9. The molecule has 1 aliphatic rings. The van der Waals surface area contributed by atoms with E-state index in [9.17, 15) is 8.42 Å². The van der Waals surface area contributed by atoms with Gasteiger partial charge in [0.15, 0.2) is 0 Å². The van der Waals surface area contributed by atoms with Crippen molar-refractivity contribution in [2.24, 2.45) is 0 Å². The lowest BCUT2D eigenvalue weighted by atomic mass is 10.1. The summed E-state index contributed by atoms with van der Waals surface area (Å²) >= 11 is 0. The van der Waals surface area contributed by atoms with Crippen LogP contribution in [0.25, 0.3) is 0 Å². The molecule has 2 heterocycles.